The van der Waals surface area contributed by atoms with Crippen molar-refractivity contribution in [2.75, 3.05) is 13.2 Å². The first kappa shape index (κ1) is 14.7. The molecule has 1 heterocycles. The van der Waals surface area contributed by atoms with E-state index < -0.39 is 0 Å². The van der Waals surface area contributed by atoms with E-state index in [1.807, 2.05) is 6.92 Å². The number of ether oxygens (including phenoxy) is 1. The fourth-order valence-electron chi connectivity index (χ4n) is 2.35. The second-order valence-electron chi connectivity index (χ2n) is 4.65. The van der Waals surface area contributed by atoms with Crippen molar-refractivity contribution in [1.29, 1.82) is 0 Å². The summed E-state index contributed by atoms with van der Waals surface area (Å²) in [5, 5.41) is 3.50. The quantitative estimate of drug-likeness (QED) is 0.594. The standard InChI is InChI=1S/C15H24N2O/c1-6-18-9-7-8-16-13(4)15-11(2)10-12(3)17-14(15)5/h6,10,13,16H,1,7-9H2,2-5H3. The molecular weight excluding hydrogens is 224 g/mol. The van der Waals surface area contributed by atoms with Gasteiger partial charge in [0.05, 0.1) is 12.9 Å². The predicted octanol–water partition coefficient (Wildman–Crippen LogP) is 3.21. The maximum atomic E-state index is 5.10. The van der Waals surface area contributed by atoms with Crippen molar-refractivity contribution in [3.63, 3.8) is 0 Å². The number of hydrogen-bond acceptors (Lipinski definition) is 3. The van der Waals surface area contributed by atoms with E-state index in [9.17, 15) is 0 Å². The molecule has 0 aliphatic carbocycles. The van der Waals surface area contributed by atoms with Gasteiger partial charge in [-0.3, -0.25) is 4.98 Å². The number of aryl methyl sites for hydroxylation is 3. The largest absolute Gasteiger partial charge is 0.502 e. The first-order valence-corrected chi connectivity index (χ1v) is 6.47. The third-order valence-corrected chi connectivity index (χ3v) is 3.02. The molecule has 0 saturated carbocycles. The van der Waals surface area contributed by atoms with Crippen LogP contribution in [0.3, 0.4) is 0 Å². The van der Waals surface area contributed by atoms with Crippen LogP contribution in [-0.4, -0.2) is 18.1 Å². The van der Waals surface area contributed by atoms with Crippen LogP contribution in [-0.2, 0) is 4.74 Å². The Morgan fingerprint density at radius 3 is 2.78 bits per heavy atom. The van der Waals surface area contributed by atoms with Gasteiger partial charge in [-0.25, -0.2) is 0 Å². The summed E-state index contributed by atoms with van der Waals surface area (Å²) in [7, 11) is 0. The summed E-state index contributed by atoms with van der Waals surface area (Å²) in [4.78, 5) is 4.54. The van der Waals surface area contributed by atoms with Gasteiger partial charge in [0.1, 0.15) is 0 Å². The zero-order valence-corrected chi connectivity index (χ0v) is 11.9. The van der Waals surface area contributed by atoms with E-state index in [2.05, 4.69) is 43.7 Å². The number of nitrogens with one attached hydrogen (secondary N) is 1. The van der Waals surface area contributed by atoms with Crippen molar-refractivity contribution < 1.29 is 4.74 Å². The zero-order chi connectivity index (χ0) is 13.5. The Labute approximate surface area is 110 Å². The van der Waals surface area contributed by atoms with Crippen molar-refractivity contribution in [2.45, 2.75) is 40.2 Å². The fraction of sp³-hybridized carbons (Fsp3) is 0.533. The number of nitrogens with zero attached hydrogens (tertiary/aromatic N) is 1. The van der Waals surface area contributed by atoms with E-state index in [0.717, 1.165) is 24.4 Å². The van der Waals surface area contributed by atoms with Crippen molar-refractivity contribution in [2.24, 2.45) is 0 Å². The summed E-state index contributed by atoms with van der Waals surface area (Å²) in [6.45, 7) is 13.6. The smallest absolute Gasteiger partial charge is 0.0885 e. The van der Waals surface area contributed by atoms with E-state index in [1.165, 1.54) is 17.4 Å². The van der Waals surface area contributed by atoms with Gasteiger partial charge < -0.3 is 10.1 Å². The van der Waals surface area contributed by atoms with Crippen LogP contribution in [0.1, 0.15) is 41.9 Å². The Morgan fingerprint density at radius 1 is 1.44 bits per heavy atom. The van der Waals surface area contributed by atoms with Crippen molar-refractivity contribution in [1.82, 2.24) is 10.3 Å². The van der Waals surface area contributed by atoms with Gasteiger partial charge in [-0.2, -0.15) is 0 Å². The lowest BCUT2D eigenvalue weighted by Crippen LogP contribution is -2.22. The Kier molecular flexibility index (Phi) is 5.86. The Hall–Kier alpha value is -1.35. The summed E-state index contributed by atoms with van der Waals surface area (Å²) in [5.41, 5.74) is 4.82. The Balaban J connectivity index is 2.56. The van der Waals surface area contributed by atoms with Crippen LogP contribution < -0.4 is 5.32 Å². The molecule has 0 aliphatic rings. The number of hydrogen-bond donors (Lipinski definition) is 1. The van der Waals surface area contributed by atoms with Gasteiger partial charge in [-0.05, 0) is 57.9 Å². The van der Waals surface area contributed by atoms with Gasteiger partial charge >= 0.3 is 0 Å². The third kappa shape index (κ3) is 4.15. The summed E-state index contributed by atoms with van der Waals surface area (Å²) in [6.07, 6.45) is 2.47. The SMILES string of the molecule is C=COCCCNC(C)c1c(C)cc(C)nc1C. The molecule has 1 rings (SSSR count). The van der Waals surface area contributed by atoms with Crippen LogP contribution in [0.4, 0.5) is 0 Å². The first-order chi connectivity index (χ1) is 8.56. The van der Waals surface area contributed by atoms with Gasteiger partial charge in [0.2, 0.25) is 0 Å². The lowest BCUT2D eigenvalue weighted by atomic mass is 10.0. The molecule has 0 fully saturated rings. The lowest BCUT2D eigenvalue weighted by molar-refractivity contribution is 0.243. The fourth-order valence-corrected chi connectivity index (χ4v) is 2.35. The molecule has 0 aromatic carbocycles. The molecule has 0 aliphatic heterocycles. The minimum atomic E-state index is 0.321. The summed E-state index contributed by atoms with van der Waals surface area (Å²) in [5.74, 6) is 0. The van der Waals surface area contributed by atoms with Crippen LogP contribution in [0.5, 0.6) is 0 Å². The van der Waals surface area contributed by atoms with E-state index in [-0.39, 0.29) is 0 Å². The maximum Gasteiger partial charge on any atom is 0.0885 e. The van der Waals surface area contributed by atoms with E-state index in [4.69, 9.17) is 4.74 Å². The monoisotopic (exact) mass is 248 g/mol. The van der Waals surface area contributed by atoms with Crippen molar-refractivity contribution in [3.8, 4) is 0 Å². The molecule has 1 aromatic heterocycles. The minimum Gasteiger partial charge on any atom is -0.502 e. The molecule has 1 aromatic rings. The summed E-state index contributed by atoms with van der Waals surface area (Å²) >= 11 is 0. The van der Waals surface area contributed by atoms with Crippen LogP contribution in [0.2, 0.25) is 0 Å². The second kappa shape index (κ2) is 7.17. The van der Waals surface area contributed by atoms with Gasteiger partial charge in [0.25, 0.3) is 0 Å². The third-order valence-electron chi connectivity index (χ3n) is 3.02. The minimum absolute atomic E-state index is 0.321. The molecular formula is C15H24N2O. The molecule has 0 saturated heterocycles. The number of aromatic nitrogens is 1. The molecule has 0 amide bonds. The first-order valence-electron chi connectivity index (χ1n) is 6.47. The number of pyridine rings is 1. The molecule has 18 heavy (non-hydrogen) atoms. The van der Waals surface area contributed by atoms with E-state index in [1.54, 1.807) is 0 Å². The van der Waals surface area contributed by atoms with Gasteiger partial charge in [0.15, 0.2) is 0 Å². The predicted molar refractivity (Wildman–Crippen MR) is 75.6 cm³/mol. The average Bonchev–Trinajstić information content (AvgIpc) is 2.27. The van der Waals surface area contributed by atoms with Crippen molar-refractivity contribution >= 4 is 0 Å². The van der Waals surface area contributed by atoms with Crippen LogP contribution >= 0.6 is 0 Å². The number of rotatable bonds is 7. The van der Waals surface area contributed by atoms with E-state index in [0.29, 0.717) is 12.6 Å². The van der Waals surface area contributed by atoms with Crippen LogP contribution in [0, 0.1) is 20.8 Å². The lowest BCUT2D eigenvalue weighted by Gasteiger charge is -2.19. The highest BCUT2D eigenvalue weighted by Crippen LogP contribution is 2.20. The average molecular weight is 248 g/mol. The van der Waals surface area contributed by atoms with E-state index >= 15 is 0 Å². The molecule has 3 heteroatoms. The second-order valence-corrected chi connectivity index (χ2v) is 4.65. The highest BCUT2D eigenvalue weighted by molar-refractivity contribution is 5.33. The highest BCUT2D eigenvalue weighted by atomic mass is 16.5. The Morgan fingerprint density at radius 2 is 2.17 bits per heavy atom. The van der Waals surface area contributed by atoms with Gasteiger partial charge in [-0.15, -0.1) is 0 Å². The highest BCUT2D eigenvalue weighted by Gasteiger charge is 2.12. The molecule has 1 atom stereocenters. The topological polar surface area (TPSA) is 34.1 Å². The molecule has 0 radical (unpaired) electrons. The molecule has 0 spiro atoms. The zero-order valence-electron chi connectivity index (χ0n) is 11.9. The Bertz CT molecular complexity index is 378. The molecule has 100 valence electrons. The van der Waals surface area contributed by atoms with Crippen molar-refractivity contribution in [3.05, 3.63) is 41.4 Å². The van der Waals surface area contributed by atoms with Crippen LogP contribution in [0.15, 0.2) is 18.9 Å². The normalized spacial score (nSPS) is 12.2. The molecule has 1 unspecified atom stereocenters. The van der Waals surface area contributed by atoms with Crippen LogP contribution in [0.25, 0.3) is 0 Å². The van der Waals surface area contributed by atoms with Gasteiger partial charge in [-0.1, -0.05) is 6.58 Å². The molecule has 3 nitrogen and oxygen atoms in total. The summed E-state index contributed by atoms with van der Waals surface area (Å²) < 4.78 is 5.10. The van der Waals surface area contributed by atoms with Gasteiger partial charge in [0, 0.05) is 17.4 Å². The molecule has 1 N–H and O–H groups in total. The maximum absolute atomic E-state index is 5.10. The summed E-state index contributed by atoms with van der Waals surface area (Å²) in [6, 6.07) is 2.46. The molecule has 0 bridgehead atoms.